The molecule has 6 nitrogen and oxygen atoms in total. The molecule has 0 unspecified atom stereocenters. The van der Waals surface area contributed by atoms with Crippen molar-refractivity contribution >= 4 is 27.7 Å². The lowest BCUT2D eigenvalue weighted by molar-refractivity contribution is -0.156. The van der Waals surface area contributed by atoms with Crippen molar-refractivity contribution < 1.29 is 19.1 Å². The number of halogens is 1. The Bertz CT molecular complexity index is 564. The third-order valence-electron chi connectivity index (χ3n) is 3.61. The number of benzene rings is 1. The van der Waals surface area contributed by atoms with Crippen molar-refractivity contribution in [3.63, 3.8) is 0 Å². The van der Waals surface area contributed by atoms with Gasteiger partial charge in [0.05, 0.1) is 14.2 Å². The normalized spacial score (nSPS) is 15.2. The monoisotopic (exact) mass is 370 g/mol. The van der Waals surface area contributed by atoms with Gasteiger partial charge in [0.2, 0.25) is 0 Å². The summed E-state index contributed by atoms with van der Waals surface area (Å²) in [6, 6.07) is 5.42. The maximum atomic E-state index is 12.2. The standard InChI is InChI=1S/C15H19BrN2O4/c1-21-12-4-3-11(13(9-12)22-2)10-18-8-7-17(6-5-16)14(19)15(18)20/h3-4,9H,5-8,10H2,1-2H3. The molecule has 1 saturated heterocycles. The lowest BCUT2D eigenvalue weighted by Gasteiger charge is -2.33. The van der Waals surface area contributed by atoms with Crippen molar-refractivity contribution in [3.05, 3.63) is 23.8 Å². The van der Waals surface area contributed by atoms with Crippen molar-refractivity contribution in [2.75, 3.05) is 39.2 Å². The second kappa shape index (κ2) is 7.49. The summed E-state index contributed by atoms with van der Waals surface area (Å²) in [6.45, 7) is 1.96. The van der Waals surface area contributed by atoms with Crippen molar-refractivity contribution in [2.45, 2.75) is 6.54 Å². The second-order valence-corrected chi connectivity index (χ2v) is 5.68. The predicted octanol–water partition coefficient (Wildman–Crippen LogP) is 1.27. The average Bonchev–Trinajstić information content (AvgIpc) is 2.54. The first kappa shape index (κ1) is 16.6. The molecule has 1 aromatic carbocycles. The number of nitrogens with zero attached hydrogens (tertiary/aromatic N) is 2. The van der Waals surface area contributed by atoms with Gasteiger partial charge in [-0.3, -0.25) is 9.59 Å². The molecule has 1 aliphatic rings. The predicted molar refractivity (Wildman–Crippen MR) is 85.3 cm³/mol. The van der Waals surface area contributed by atoms with Gasteiger partial charge < -0.3 is 19.3 Å². The molecule has 0 bridgehead atoms. The summed E-state index contributed by atoms with van der Waals surface area (Å²) in [4.78, 5) is 27.3. The number of ether oxygens (including phenoxy) is 2. The van der Waals surface area contributed by atoms with Crippen molar-refractivity contribution in [1.82, 2.24) is 9.80 Å². The smallest absolute Gasteiger partial charge is 0.312 e. The van der Waals surface area contributed by atoms with Crippen LogP contribution in [0.3, 0.4) is 0 Å². The molecule has 1 aliphatic heterocycles. The van der Waals surface area contributed by atoms with E-state index in [1.165, 1.54) is 0 Å². The highest BCUT2D eigenvalue weighted by atomic mass is 79.9. The second-order valence-electron chi connectivity index (χ2n) is 4.89. The topological polar surface area (TPSA) is 59.1 Å². The fourth-order valence-corrected chi connectivity index (χ4v) is 2.80. The fraction of sp³-hybridized carbons (Fsp3) is 0.467. The number of methoxy groups -OCH3 is 2. The van der Waals surface area contributed by atoms with E-state index in [-0.39, 0.29) is 0 Å². The zero-order valence-corrected chi connectivity index (χ0v) is 14.3. The summed E-state index contributed by atoms with van der Waals surface area (Å²) in [5, 5.41) is 0.665. The van der Waals surface area contributed by atoms with Crippen LogP contribution in [0.1, 0.15) is 5.56 Å². The van der Waals surface area contributed by atoms with Crippen LogP contribution < -0.4 is 9.47 Å². The molecule has 7 heteroatoms. The van der Waals surface area contributed by atoms with E-state index in [1.807, 2.05) is 12.1 Å². The molecule has 1 heterocycles. The molecule has 2 rings (SSSR count). The van der Waals surface area contributed by atoms with Crippen molar-refractivity contribution in [3.8, 4) is 11.5 Å². The molecule has 120 valence electrons. The molecule has 1 fully saturated rings. The van der Waals surface area contributed by atoms with Crippen LogP contribution in [0.25, 0.3) is 0 Å². The molecular formula is C15H19BrN2O4. The molecule has 1 aromatic rings. The van der Waals surface area contributed by atoms with Gasteiger partial charge in [0.25, 0.3) is 0 Å². The van der Waals surface area contributed by atoms with Gasteiger partial charge in [-0.2, -0.15) is 0 Å². The van der Waals surface area contributed by atoms with Crippen LogP contribution in [0.5, 0.6) is 11.5 Å². The summed E-state index contributed by atoms with van der Waals surface area (Å²) in [7, 11) is 3.15. The molecule has 0 saturated carbocycles. The van der Waals surface area contributed by atoms with Gasteiger partial charge in [-0.05, 0) is 12.1 Å². The van der Waals surface area contributed by atoms with E-state index in [9.17, 15) is 9.59 Å². The fourth-order valence-electron chi connectivity index (χ4n) is 2.37. The number of rotatable bonds is 6. The molecule has 0 aliphatic carbocycles. The van der Waals surface area contributed by atoms with Crippen LogP contribution in [-0.2, 0) is 16.1 Å². The van der Waals surface area contributed by atoms with Gasteiger partial charge in [-0.15, -0.1) is 0 Å². The lowest BCUT2D eigenvalue weighted by atomic mass is 10.1. The maximum absolute atomic E-state index is 12.2. The van der Waals surface area contributed by atoms with Gasteiger partial charge in [0.1, 0.15) is 11.5 Å². The molecule has 0 spiro atoms. The van der Waals surface area contributed by atoms with E-state index in [0.717, 1.165) is 5.56 Å². The minimum Gasteiger partial charge on any atom is -0.497 e. The highest BCUT2D eigenvalue weighted by Gasteiger charge is 2.32. The van der Waals surface area contributed by atoms with Crippen LogP contribution in [0.2, 0.25) is 0 Å². The lowest BCUT2D eigenvalue weighted by Crippen LogP contribution is -2.54. The quantitative estimate of drug-likeness (QED) is 0.558. The molecule has 22 heavy (non-hydrogen) atoms. The number of hydrogen-bond donors (Lipinski definition) is 0. The van der Waals surface area contributed by atoms with Gasteiger partial charge in [-0.25, -0.2) is 0 Å². The Hall–Kier alpha value is -1.76. The van der Waals surface area contributed by atoms with Gasteiger partial charge in [0.15, 0.2) is 0 Å². The van der Waals surface area contributed by atoms with Crippen LogP contribution in [0.15, 0.2) is 18.2 Å². The highest BCUT2D eigenvalue weighted by Crippen LogP contribution is 2.26. The van der Waals surface area contributed by atoms with E-state index >= 15 is 0 Å². The Kier molecular flexibility index (Phi) is 5.65. The molecule has 2 amide bonds. The van der Waals surface area contributed by atoms with E-state index in [1.54, 1.807) is 30.1 Å². The zero-order valence-electron chi connectivity index (χ0n) is 12.7. The number of alkyl halides is 1. The Morgan fingerprint density at radius 1 is 1.09 bits per heavy atom. The van der Waals surface area contributed by atoms with Crippen molar-refractivity contribution in [1.29, 1.82) is 0 Å². The molecule has 0 aromatic heterocycles. The summed E-state index contributed by atoms with van der Waals surface area (Å²) < 4.78 is 10.5. The summed E-state index contributed by atoms with van der Waals surface area (Å²) in [5.74, 6) is 0.413. The highest BCUT2D eigenvalue weighted by molar-refractivity contribution is 9.09. The minimum absolute atomic E-state index is 0.347. The van der Waals surface area contributed by atoms with Gasteiger partial charge >= 0.3 is 11.8 Å². The number of piperazine rings is 1. The SMILES string of the molecule is COc1ccc(CN2CCN(CCBr)C(=O)C2=O)c(OC)c1. The average molecular weight is 371 g/mol. The summed E-state index contributed by atoms with van der Waals surface area (Å²) in [5.41, 5.74) is 0.846. The minimum atomic E-state index is -0.468. The molecule has 0 N–H and O–H groups in total. The first-order valence-corrected chi connectivity index (χ1v) is 8.08. The Morgan fingerprint density at radius 3 is 2.41 bits per heavy atom. The number of hydrogen-bond acceptors (Lipinski definition) is 4. The van der Waals surface area contributed by atoms with E-state index in [2.05, 4.69) is 15.9 Å². The third kappa shape index (κ3) is 3.52. The summed E-state index contributed by atoms with van der Waals surface area (Å²) in [6.07, 6.45) is 0. The maximum Gasteiger partial charge on any atom is 0.312 e. The molecule has 0 radical (unpaired) electrons. The Labute approximate surface area is 138 Å². The molecule has 0 atom stereocenters. The van der Waals surface area contributed by atoms with Crippen LogP contribution in [0, 0.1) is 0 Å². The molecular weight excluding hydrogens is 352 g/mol. The van der Waals surface area contributed by atoms with E-state index in [0.29, 0.717) is 43.0 Å². The first-order chi connectivity index (χ1) is 10.6. The number of carbonyl (C=O) groups is 2. The Balaban J connectivity index is 2.11. The van der Waals surface area contributed by atoms with E-state index < -0.39 is 11.8 Å². The van der Waals surface area contributed by atoms with Crippen LogP contribution in [0.4, 0.5) is 0 Å². The van der Waals surface area contributed by atoms with E-state index in [4.69, 9.17) is 9.47 Å². The van der Waals surface area contributed by atoms with Crippen LogP contribution in [-0.4, -0.2) is 60.8 Å². The first-order valence-electron chi connectivity index (χ1n) is 6.95. The van der Waals surface area contributed by atoms with Gasteiger partial charge in [0, 0.05) is 43.1 Å². The summed E-state index contributed by atoms with van der Waals surface area (Å²) >= 11 is 3.29. The third-order valence-corrected chi connectivity index (χ3v) is 3.96. The number of carbonyl (C=O) groups excluding carboxylic acids is 2. The Morgan fingerprint density at radius 2 is 1.77 bits per heavy atom. The van der Waals surface area contributed by atoms with Gasteiger partial charge in [-0.1, -0.05) is 15.9 Å². The van der Waals surface area contributed by atoms with Crippen LogP contribution >= 0.6 is 15.9 Å². The number of amides is 2. The zero-order chi connectivity index (χ0) is 16.1. The van der Waals surface area contributed by atoms with Crippen molar-refractivity contribution in [2.24, 2.45) is 0 Å². The largest absolute Gasteiger partial charge is 0.497 e.